The van der Waals surface area contributed by atoms with Gasteiger partial charge >= 0.3 is 0 Å². The second-order valence-electron chi connectivity index (χ2n) is 9.51. The molecular weight excluding hydrogens is 451 g/mol. The van der Waals surface area contributed by atoms with E-state index in [1.165, 1.54) is 64.5 Å². The second-order valence-corrected chi connectivity index (χ2v) is 9.51. The molecule has 3 unspecified atom stereocenters. The summed E-state index contributed by atoms with van der Waals surface area (Å²) < 4.78 is 6.04. The Morgan fingerprint density at radius 1 is 1.00 bits per heavy atom. The van der Waals surface area contributed by atoms with Crippen LogP contribution in [0.5, 0.6) is 0 Å². The molecule has 2 aliphatic carbocycles. The number of nitrogens with one attached hydrogen (secondary N) is 2. The summed E-state index contributed by atoms with van der Waals surface area (Å²) in [4.78, 5) is 7.28. The fourth-order valence-corrected chi connectivity index (χ4v) is 6.01. The molecule has 27 heavy (non-hydrogen) atoms. The summed E-state index contributed by atoms with van der Waals surface area (Å²) in [6.45, 7) is 8.10. The SMILES string of the molecule is CN=C(NC1CCN(C2CCCC2)CC1)NC1C2CCCOC2C1(C)C.I. The Labute approximate surface area is 182 Å². The van der Waals surface area contributed by atoms with Gasteiger partial charge in [-0.15, -0.1) is 24.0 Å². The van der Waals surface area contributed by atoms with Crippen molar-refractivity contribution in [3.63, 3.8) is 0 Å². The molecule has 3 atom stereocenters. The van der Waals surface area contributed by atoms with Crippen molar-refractivity contribution in [2.24, 2.45) is 16.3 Å². The van der Waals surface area contributed by atoms with E-state index in [2.05, 4.69) is 34.4 Å². The molecule has 0 bridgehead atoms. The summed E-state index contributed by atoms with van der Waals surface area (Å²) in [5.41, 5.74) is 0.189. The lowest BCUT2D eigenvalue weighted by molar-refractivity contribution is -0.188. The first kappa shape index (κ1) is 21.6. The highest BCUT2D eigenvalue weighted by molar-refractivity contribution is 14.0. The van der Waals surface area contributed by atoms with E-state index in [-0.39, 0.29) is 29.4 Å². The van der Waals surface area contributed by atoms with E-state index in [1.807, 2.05) is 7.05 Å². The molecular formula is C21H39IN4O. The van der Waals surface area contributed by atoms with Crippen LogP contribution in [0.3, 0.4) is 0 Å². The van der Waals surface area contributed by atoms with Gasteiger partial charge in [-0.25, -0.2) is 0 Å². The van der Waals surface area contributed by atoms with Crippen LogP contribution in [0.4, 0.5) is 0 Å². The number of nitrogens with zero attached hydrogens (tertiary/aromatic N) is 2. The number of halogens is 1. The standard InChI is InChI=1S/C21H38N4O.HI/c1-21(2)18(17-9-6-14-26-19(17)21)24-20(22-3)23-15-10-12-25(13-11-15)16-7-4-5-8-16;/h15-19H,4-14H2,1-3H3,(H2,22,23,24);1H. The average Bonchev–Trinajstić information content (AvgIpc) is 3.20. The smallest absolute Gasteiger partial charge is 0.191 e. The van der Waals surface area contributed by atoms with Gasteiger partial charge in [-0.05, 0) is 38.5 Å². The fourth-order valence-electron chi connectivity index (χ4n) is 6.01. The minimum absolute atomic E-state index is 0. The van der Waals surface area contributed by atoms with E-state index in [4.69, 9.17) is 4.74 Å². The summed E-state index contributed by atoms with van der Waals surface area (Å²) in [5, 5.41) is 7.47. The van der Waals surface area contributed by atoms with Crippen LogP contribution in [0.2, 0.25) is 0 Å². The monoisotopic (exact) mass is 490 g/mol. The molecule has 0 amide bonds. The zero-order valence-corrected chi connectivity index (χ0v) is 19.7. The maximum atomic E-state index is 6.04. The topological polar surface area (TPSA) is 48.9 Å². The zero-order valence-electron chi connectivity index (χ0n) is 17.4. The minimum Gasteiger partial charge on any atom is -0.377 e. The maximum Gasteiger partial charge on any atom is 0.191 e. The number of hydrogen-bond donors (Lipinski definition) is 2. The lowest BCUT2D eigenvalue weighted by Gasteiger charge is -2.60. The van der Waals surface area contributed by atoms with Crippen molar-refractivity contribution >= 4 is 29.9 Å². The van der Waals surface area contributed by atoms with Gasteiger partial charge in [0.25, 0.3) is 0 Å². The number of rotatable bonds is 3. The molecule has 0 aromatic rings. The van der Waals surface area contributed by atoms with Gasteiger partial charge in [-0.3, -0.25) is 4.99 Å². The molecule has 4 aliphatic rings. The molecule has 6 heteroatoms. The number of likely N-dealkylation sites (tertiary alicyclic amines) is 1. The highest BCUT2D eigenvalue weighted by Crippen LogP contribution is 2.51. The molecule has 4 fully saturated rings. The highest BCUT2D eigenvalue weighted by atomic mass is 127. The lowest BCUT2D eigenvalue weighted by Crippen LogP contribution is -2.71. The van der Waals surface area contributed by atoms with E-state index in [0.717, 1.165) is 18.6 Å². The normalized spacial score (nSPS) is 35.1. The highest BCUT2D eigenvalue weighted by Gasteiger charge is 2.58. The molecule has 5 nitrogen and oxygen atoms in total. The fraction of sp³-hybridized carbons (Fsp3) is 0.952. The van der Waals surface area contributed by atoms with Crippen LogP contribution in [0.15, 0.2) is 4.99 Å². The van der Waals surface area contributed by atoms with Crippen molar-refractivity contribution in [1.82, 2.24) is 15.5 Å². The third kappa shape index (κ3) is 4.42. The van der Waals surface area contributed by atoms with Crippen LogP contribution in [-0.4, -0.2) is 61.8 Å². The molecule has 2 saturated carbocycles. The van der Waals surface area contributed by atoms with Gasteiger partial charge in [0.2, 0.25) is 0 Å². The van der Waals surface area contributed by atoms with E-state index in [0.29, 0.717) is 24.1 Å². The van der Waals surface area contributed by atoms with Gasteiger partial charge in [0.1, 0.15) is 0 Å². The Balaban J connectivity index is 0.00000210. The number of guanidine groups is 1. The molecule has 2 aliphatic heterocycles. The number of hydrogen-bond acceptors (Lipinski definition) is 3. The largest absolute Gasteiger partial charge is 0.377 e. The predicted octanol–water partition coefficient (Wildman–Crippen LogP) is 3.38. The molecule has 2 N–H and O–H groups in total. The van der Waals surface area contributed by atoms with Crippen LogP contribution >= 0.6 is 24.0 Å². The Hall–Kier alpha value is -0.0800. The molecule has 2 saturated heterocycles. The quantitative estimate of drug-likeness (QED) is 0.362. The predicted molar refractivity (Wildman–Crippen MR) is 122 cm³/mol. The number of ether oxygens (including phenoxy) is 1. The van der Waals surface area contributed by atoms with E-state index in [9.17, 15) is 0 Å². The van der Waals surface area contributed by atoms with Gasteiger partial charge in [0.15, 0.2) is 5.96 Å². The average molecular weight is 490 g/mol. The van der Waals surface area contributed by atoms with E-state index in [1.54, 1.807) is 0 Å². The number of aliphatic imine (C=N–C) groups is 1. The second kappa shape index (κ2) is 9.16. The third-order valence-electron chi connectivity index (χ3n) is 7.56. The molecule has 156 valence electrons. The zero-order chi connectivity index (χ0) is 18.1. The van der Waals surface area contributed by atoms with Crippen LogP contribution in [0.25, 0.3) is 0 Å². The lowest BCUT2D eigenvalue weighted by atomic mass is 9.55. The first-order valence-corrected chi connectivity index (χ1v) is 10.9. The van der Waals surface area contributed by atoms with Crippen LogP contribution in [-0.2, 0) is 4.74 Å². The molecule has 0 spiro atoms. The van der Waals surface area contributed by atoms with Crippen LogP contribution in [0, 0.1) is 11.3 Å². The summed E-state index contributed by atoms with van der Waals surface area (Å²) in [5.74, 6) is 1.63. The van der Waals surface area contributed by atoms with Crippen molar-refractivity contribution in [3.05, 3.63) is 0 Å². The van der Waals surface area contributed by atoms with Crippen molar-refractivity contribution in [2.75, 3.05) is 26.7 Å². The Kier molecular flexibility index (Phi) is 7.34. The summed E-state index contributed by atoms with van der Waals surface area (Å²) >= 11 is 0. The van der Waals surface area contributed by atoms with Gasteiger partial charge in [0.05, 0.1) is 6.10 Å². The van der Waals surface area contributed by atoms with E-state index < -0.39 is 0 Å². The van der Waals surface area contributed by atoms with Crippen molar-refractivity contribution in [2.45, 2.75) is 89.4 Å². The molecule has 0 aromatic carbocycles. The Morgan fingerprint density at radius 3 is 2.37 bits per heavy atom. The Morgan fingerprint density at radius 2 is 1.70 bits per heavy atom. The molecule has 4 rings (SSSR count). The third-order valence-corrected chi connectivity index (χ3v) is 7.56. The first-order valence-electron chi connectivity index (χ1n) is 10.9. The first-order chi connectivity index (χ1) is 12.6. The minimum atomic E-state index is 0. The summed E-state index contributed by atoms with van der Waals surface area (Å²) in [7, 11) is 1.91. The van der Waals surface area contributed by atoms with Crippen molar-refractivity contribution in [3.8, 4) is 0 Å². The van der Waals surface area contributed by atoms with Crippen molar-refractivity contribution < 1.29 is 4.74 Å². The van der Waals surface area contributed by atoms with E-state index >= 15 is 0 Å². The molecule has 0 aromatic heterocycles. The summed E-state index contributed by atoms with van der Waals surface area (Å²) in [6.07, 6.45) is 11.1. The number of fused-ring (bicyclic) bond motifs is 1. The van der Waals surface area contributed by atoms with Gasteiger partial charge in [-0.1, -0.05) is 26.7 Å². The van der Waals surface area contributed by atoms with Crippen LogP contribution < -0.4 is 10.6 Å². The van der Waals surface area contributed by atoms with Gasteiger partial charge in [-0.2, -0.15) is 0 Å². The Bertz CT molecular complexity index is 512. The molecule has 0 radical (unpaired) electrons. The van der Waals surface area contributed by atoms with Crippen LogP contribution in [0.1, 0.15) is 65.2 Å². The maximum absolute atomic E-state index is 6.04. The van der Waals surface area contributed by atoms with Crippen molar-refractivity contribution in [1.29, 1.82) is 0 Å². The number of piperidine rings is 1. The van der Waals surface area contributed by atoms with Gasteiger partial charge < -0.3 is 20.3 Å². The summed E-state index contributed by atoms with van der Waals surface area (Å²) in [6, 6.07) is 1.89. The molecule has 2 heterocycles. The van der Waals surface area contributed by atoms with Gasteiger partial charge in [0, 0.05) is 56.2 Å².